The molecule has 19 heavy (non-hydrogen) atoms. The highest BCUT2D eigenvalue weighted by molar-refractivity contribution is 6.52. The van der Waals surface area contributed by atoms with Gasteiger partial charge in [0.05, 0.1) is 0 Å². The van der Waals surface area contributed by atoms with Gasteiger partial charge < -0.3 is 4.74 Å². The second kappa shape index (κ2) is 3.68. The van der Waals surface area contributed by atoms with Crippen molar-refractivity contribution in [3.05, 3.63) is 65.7 Å². The molecule has 2 atom stereocenters. The molecule has 0 unspecified atom stereocenters. The van der Waals surface area contributed by atoms with Gasteiger partial charge in [0.25, 0.3) is 0 Å². The van der Waals surface area contributed by atoms with Gasteiger partial charge in [0.15, 0.2) is 9.93 Å². The summed E-state index contributed by atoms with van der Waals surface area (Å²) >= 11 is 13.1. The Bertz CT molecular complexity index is 638. The summed E-state index contributed by atoms with van der Waals surface area (Å²) in [7, 11) is 0. The van der Waals surface area contributed by atoms with E-state index in [0.29, 0.717) is 0 Å². The van der Waals surface area contributed by atoms with Gasteiger partial charge in [-0.15, -0.1) is 0 Å². The van der Waals surface area contributed by atoms with E-state index < -0.39 is 9.93 Å². The van der Waals surface area contributed by atoms with Crippen LogP contribution in [-0.2, 0) is 12.0 Å². The van der Waals surface area contributed by atoms with Crippen LogP contribution < -0.4 is 4.74 Å². The Labute approximate surface area is 122 Å². The lowest BCUT2D eigenvalue weighted by Crippen LogP contribution is -2.26. The Kier molecular flexibility index (Phi) is 2.25. The molecule has 0 bridgehead atoms. The van der Waals surface area contributed by atoms with Gasteiger partial charge >= 0.3 is 0 Å². The van der Waals surface area contributed by atoms with Gasteiger partial charge in [0.2, 0.25) is 0 Å². The third-order valence-electron chi connectivity index (χ3n) is 4.21. The molecule has 2 aliphatic rings. The molecule has 0 saturated heterocycles. The summed E-state index contributed by atoms with van der Waals surface area (Å²) in [5, 5.41) is 0. The number of hydrogen-bond acceptors (Lipinski definition) is 1. The molecule has 0 spiro atoms. The van der Waals surface area contributed by atoms with Gasteiger partial charge in [-0.3, -0.25) is 0 Å². The van der Waals surface area contributed by atoms with Gasteiger partial charge in [-0.25, -0.2) is 0 Å². The van der Waals surface area contributed by atoms with Crippen molar-refractivity contribution in [2.24, 2.45) is 5.92 Å². The van der Waals surface area contributed by atoms with Gasteiger partial charge in [0, 0.05) is 5.92 Å². The van der Waals surface area contributed by atoms with Crippen LogP contribution in [0.2, 0.25) is 0 Å². The predicted octanol–water partition coefficient (Wildman–Crippen LogP) is 4.32. The summed E-state index contributed by atoms with van der Waals surface area (Å²) in [4.78, 5) is 0. The van der Waals surface area contributed by atoms with E-state index in [9.17, 15) is 0 Å². The number of ether oxygens (including phenoxy) is 1. The number of benzene rings is 2. The number of rotatable bonds is 1. The van der Waals surface area contributed by atoms with E-state index in [1.807, 2.05) is 48.5 Å². The van der Waals surface area contributed by atoms with Gasteiger partial charge in [-0.1, -0.05) is 71.7 Å². The Morgan fingerprint density at radius 3 is 2.42 bits per heavy atom. The fourth-order valence-corrected chi connectivity index (χ4v) is 4.07. The van der Waals surface area contributed by atoms with Gasteiger partial charge in [0.1, 0.15) is 5.75 Å². The quantitative estimate of drug-likeness (QED) is 0.711. The Morgan fingerprint density at radius 2 is 1.63 bits per heavy atom. The van der Waals surface area contributed by atoms with Crippen LogP contribution in [-0.4, -0.2) is 4.33 Å². The molecule has 1 aliphatic carbocycles. The van der Waals surface area contributed by atoms with E-state index in [-0.39, 0.29) is 5.92 Å². The van der Waals surface area contributed by atoms with Crippen molar-refractivity contribution in [1.29, 1.82) is 0 Å². The first-order valence-electron chi connectivity index (χ1n) is 6.36. The highest BCUT2D eigenvalue weighted by atomic mass is 35.5. The lowest BCUT2D eigenvalue weighted by molar-refractivity contribution is 0.144. The van der Waals surface area contributed by atoms with Gasteiger partial charge in [-0.05, 0) is 23.6 Å². The molecule has 2 aromatic carbocycles. The van der Waals surface area contributed by atoms with E-state index in [2.05, 4.69) is 6.07 Å². The van der Waals surface area contributed by atoms with E-state index in [4.69, 9.17) is 27.9 Å². The molecule has 0 amide bonds. The molecule has 2 aromatic rings. The first-order valence-corrected chi connectivity index (χ1v) is 7.12. The van der Waals surface area contributed by atoms with Crippen LogP contribution in [0, 0.1) is 5.92 Å². The molecule has 1 nitrogen and oxygen atoms in total. The molecular weight excluding hydrogens is 279 g/mol. The zero-order valence-corrected chi connectivity index (χ0v) is 11.7. The van der Waals surface area contributed by atoms with E-state index in [1.54, 1.807) is 0 Å². The average Bonchev–Trinajstić information content (AvgIpc) is 2.94. The van der Waals surface area contributed by atoms with Crippen molar-refractivity contribution in [2.45, 2.75) is 16.4 Å². The van der Waals surface area contributed by atoms with Crippen LogP contribution in [0.3, 0.4) is 0 Å². The van der Waals surface area contributed by atoms with Crippen molar-refractivity contribution in [2.75, 3.05) is 0 Å². The van der Waals surface area contributed by atoms with Crippen LogP contribution >= 0.6 is 23.2 Å². The molecule has 4 rings (SSSR count). The highest BCUT2D eigenvalue weighted by Crippen LogP contribution is 2.72. The zero-order valence-electron chi connectivity index (χ0n) is 10.1. The highest BCUT2D eigenvalue weighted by Gasteiger charge is 2.80. The Morgan fingerprint density at radius 1 is 0.947 bits per heavy atom. The second-order valence-electron chi connectivity index (χ2n) is 5.19. The molecule has 3 heteroatoms. The fraction of sp³-hybridized carbons (Fsp3) is 0.250. The van der Waals surface area contributed by atoms with Crippen molar-refractivity contribution < 1.29 is 4.74 Å². The Hall–Kier alpha value is -1.18. The maximum atomic E-state index is 6.54. The van der Waals surface area contributed by atoms with E-state index in [1.165, 1.54) is 5.56 Å². The summed E-state index contributed by atoms with van der Waals surface area (Å²) in [6, 6.07) is 18.1. The minimum absolute atomic E-state index is 0.112. The molecule has 1 heterocycles. The Balaban J connectivity index is 1.85. The molecule has 0 N–H and O–H groups in total. The van der Waals surface area contributed by atoms with Crippen LogP contribution in [0.15, 0.2) is 54.6 Å². The molecule has 96 valence electrons. The topological polar surface area (TPSA) is 9.23 Å². The largest absolute Gasteiger partial charge is 0.479 e. The van der Waals surface area contributed by atoms with Crippen molar-refractivity contribution >= 4 is 23.2 Å². The van der Waals surface area contributed by atoms with E-state index >= 15 is 0 Å². The number of hydrogen-bond donors (Lipinski definition) is 0. The molecule has 1 saturated carbocycles. The van der Waals surface area contributed by atoms with Crippen molar-refractivity contribution in [3.63, 3.8) is 0 Å². The third-order valence-corrected chi connectivity index (χ3v) is 5.30. The van der Waals surface area contributed by atoms with Crippen molar-refractivity contribution in [1.82, 2.24) is 0 Å². The average molecular weight is 291 g/mol. The number of halogens is 2. The maximum absolute atomic E-state index is 6.54. The first-order chi connectivity index (χ1) is 9.16. The summed E-state index contributed by atoms with van der Waals surface area (Å²) in [6.45, 7) is 0. The lowest BCUT2D eigenvalue weighted by atomic mass is 9.97. The minimum Gasteiger partial charge on any atom is -0.479 e. The smallest absolute Gasteiger partial charge is 0.173 e. The molecule has 1 aliphatic heterocycles. The molecule has 0 aromatic heterocycles. The van der Waals surface area contributed by atoms with Crippen LogP contribution in [0.4, 0.5) is 0 Å². The summed E-state index contributed by atoms with van der Waals surface area (Å²) < 4.78 is 5.38. The van der Waals surface area contributed by atoms with Gasteiger partial charge in [-0.2, -0.15) is 0 Å². The SMILES string of the molecule is ClC1(Cl)[C@H]2Cc3ccccc3O[C@]21c1ccccc1. The monoisotopic (exact) mass is 290 g/mol. The molecular formula is C16H12Cl2O. The van der Waals surface area contributed by atoms with Crippen LogP contribution in [0.5, 0.6) is 5.75 Å². The molecule has 1 fully saturated rings. The van der Waals surface area contributed by atoms with Crippen LogP contribution in [0.25, 0.3) is 0 Å². The number of alkyl halides is 2. The number of fused-ring (bicyclic) bond motifs is 2. The fourth-order valence-electron chi connectivity index (χ4n) is 3.16. The summed E-state index contributed by atoms with van der Waals surface area (Å²) in [5.74, 6) is 1.01. The second-order valence-corrected chi connectivity index (χ2v) is 6.58. The standard InChI is InChI=1S/C16H12Cl2O/c17-16(18)14-10-11-6-4-5-9-13(11)19-15(14,16)12-7-2-1-3-8-12/h1-9,14H,10H2/t14-,15+/m0/s1. The van der Waals surface area contributed by atoms with Crippen molar-refractivity contribution in [3.8, 4) is 5.75 Å². The maximum Gasteiger partial charge on any atom is 0.173 e. The third kappa shape index (κ3) is 1.38. The zero-order chi connectivity index (χ0) is 13.1. The van der Waals surface area contributed by atoms with Crippen LogP contribution in [0.1, 0.15) is 11.1 Å². The number of para-hydroxylation sites is 1. The van der Waals surface area contributed by atoms with E-state index in [0.717, 1.165) is 17.7 Å². The summed E-state index contributed by atoms with van der Waals surface area (Å²) in [5.41, 5.74) is 1.65. The lowest BCUT2D eigenvalue weighted by Gasteiger charge is -2.26. The predicted molar refractivity (Wildman–Crippen MR) is 76.8 cm³/mol. The molecule has 0 radical (unpaired) electrons. The summed E-state index contributed by atoms with van der Waals surface area (Å²) in [6.07, 6.45) is 0.859. The normalized spacial score (nSPS) is 29.9. The minimum atomic E-state index is -0.854. The first kappa shape index (κ1) is 11.6.